The molecule has 7 heteroatoms. The highest BCUT2D eigenvalue weighted by atomic mass is 19.4. The van der Waals surface area contributed by atoms with Crippen molar-refractivity contribution in [2.75, 3.05) is 13.1 Å². The molecule has 3 nitrogen and oxygen atoms in total. The third-order valence-corrected chi connectivity index (χ3v) is 3.44. The van der Waals surface area contributed by atoms with Crippen LogP contribution in [-0.2, 0) is 6.18 Å². The smallest absolute Gasteiger partial charge is 0.334 e. The number of rotatable bonds is 2. The van der Waals surface area contributed by atoms with E-state index in [2.05, 4.69) is 0 Å². The van der Waals surface area contributed by atoms with Gasteiger partial charge in [0.1, 0.15) is 5.82 Å². The number of hydrogen-bond donors (Lipinski definition) is 1. The fraction of sp³-hybridized carbons (Fsp3) is 0.462. The number of likely N-dealkylation sites (tertiary alicyclic amines) is 1. The maximum Gasteiger partial charge on any atom is 0.419 e. The summed E-state index contributed by atoms with van der Waals surface area (Å²) in [6.45, 7) is 0.600. The van der Waals surface area contributed by atoms with E-state index in [1.807, 2.05) is 0 Å². The molecule has 1 saturated heterocycles. The van der Waals surface area contributed by atoms with Gasteiger partial charge in [-0.15, -0.1) is 0 Å². The molecule has 1 heterocycles. The van der Waals surface area contributed by atoms with E-state index in [1.165, 1.54) is 4.90 Å². The van der Waals surface area contributed by atoms with Crippen molar-refractivity contribution in [1.29, 1.82) is 0 Å². The summed E-state index contributed by atoms with van der Waals surface area (Å²) < 4.78 is 51.8. The average molecular weight is 290 g/mol. The first-order valence-corrected chi connectivity index (χ1v) is 6.23. The van der Waals surface area contributed by atoms with Gasteiger partial charge in [-0.2, -0.15) is 13.2 Å². The first-order chi connectivity index (χ1) is 9.36. The van der Waals surface area contributed by atoms with Crippen LogP contribution in [0.5, 0.6) is 0 Å². The number of benzene rings is 1. The van der Waals surface area contributed by atoms with Crippen molar-refractivity contribution < 1.29 is 22.4 Å². The summed E-state index contributed by atoms with van der Waals surface area (Å²) in [7, 11) is 0. The third kappa shape index (κ3) is 2.63. The molecular weight excluding hydrogens is 276 g/mol. The van der Waals surface area contributed by atoms with E-state index in [-0.39, 0.29) is 12.6 Å². The SMILES string of the molecule is NC[C@H]1CCCN1C(=O)c1cccc(C(F)(F)F)c1F. The molecule has 1 aliphatic heterocycles. The minimum absolute atomic E-state index is 0.215. The van der Waals surface area contributed by atoms with Gasteiger partial charge in [-0.25, -0.2) is 4.39 Å². The van der Waals surface area contributed by atoms with Crippen molar-refractivity contribution in [1.82, 2.24) is 4.90 Å². The summed E-state index contributed by atoms with van der Waals surface area (Å²) in [5.41, 5.74) is 3.53. The van der Waals surface area contributed by atoms with Crippen LogP contribution in [0, 0.1) is 5.82 Å². The second-order valence-electron chi connectivity index (χ2n) is 4.70. The maximum absolute atomic E-state index is 13.9. The van der Waals surface area contributed by atoms with Gasteiger partial charge in [0.05, 0.1) is 11.1 Å². The summed E-state index contributed by atoms with van der Waals surface area (Å²) in [5.74, 6) is -2.26. The molecule has 1 aromatic rings. The van der Waals surface area contributed by atoms with Crippen molar-refractivity contribution in [3.8, 4) is 0 Å². The zero-order valence-corrected chi connectivity index (χ0v) is 10.6. The van der Waals surface area contributed by atoms with Crippen LogP contribution < -0.4 is 5.73 Å². The van der Waals surface area contributed by atoms with E-state index in [4.69, 9.17) is 5.73 Å². The molecule has 2 rings (SSSR count). The van der Waals surface area contributed by atoms with Gasteiger partial charge in [0.15, 0.2) is 0 Å². The first kappa shape index (κ1) is 14.8. The lowest BCUT2D eigenvalue weighted by Crippen LogP contribution is -2.40. The van der Waals surface area contributed by atoms with E-state index >= 15 is 0 Å². The number of alkyl halides is 3. The van der Waals surface area contributed by atoms with Gasteiger partial charge in [-0.05, 0) is 25.0 Å². The number of halogens is 4. The van der Waals surface area contributed by atoms with Crippen LogP contribution in [0.1, 0.15) is 28.8 Å². The molecule has 110 valence electrons. The lowest BCUT2D eigenvalue weighted by molar-refractivity contribution is -0.140. The molecule has 1 aliphatic rings. The van der Waals surface area contributed by atoms with Crippen molar-refractivity contribution >= 4 is 5.91 Å². The van der Waals surface area contributed by atoms with E-state index in [9.17, 15) is 22.4 Å². The second-order valence-corrected chi connectivity index (χ2v) is 4.70. The van der Waals surface area contributed by atoms with Crippen LogP contribution in [0.25, 0.3) is 0 Å². The molecule has 0 saturated carbocycles. The Morgan fingerprint density at radius 1 is 1.40 bits per heavy atom. The molecule has 0 aliphatic carbocycles. The highest BCUT2D eigenvalue weighted by Gasteiger charge is 2.37. The molecule has 1 atom stereocenters. The highest BCUT2D eigenvalue weighted by molar-refractivity contribution is 5.95. The van der Waals surface area contributed by atoms with Crippen molar-refractivity contribution in [3.63, 3.8) is 0 Å². The van der Waals surface area contributed by atoms with E-state index in [1.54, 1.807) is 0 Å². The van der Waals surface area contributed by atoms with E-state index in [0.717, 1.165) is 12.1 Å². The quantitative estimate of drug-likeness (QED) is 0.850. The number of hydrogen-bond acceptors (Lipinski definition) is 2. The Balaban J connectivity index is 2.36. The minimum Gasteiger partial charge on any atom is -0.334 e. The summed E-state index contributed by atoms with van der Waals surface area (Å²) >= 11 is 0. The molecule has 1 aromatic carbocycles. The highest BCUT2D eigenvalue weighted by Crippen LogP contribution is 2.33. The number of nitrogens with zero attached hydrogens (tertiary/aromatic N) is 1. The van der Waals surface area contributed by atoms with Gasteiger partial charge < -0.3 is 10.6 Å². The molecule has 1 fully saturated rings. The van der Waals surface area contributed by atoms with Gasteiger partial charge >= 0.3 is 6.18 Å². The Bertz CT molecular complexity index is 516. The predicted octanol–water partition coefficient (Wildman–Crippen LogP) is 2.41. The van der Waals surface area contributed by atoms with Gasteiger partial charge in [-0.3, -0.25) is 4.79 Å². The zero-order chi connectivity index (χ0) is 14.9. The van der Waals surface area contributed by atoms with Crippen LogP contribution >= 0.6 is 0 Å². The monoisotopic (exact) mass is 290 g/mol. The Hall–Kier alpha value is -1.63. The van der Waals surface area contributed by atoms with Crippen molar-refractivity contribution in [2.24, 2.45) is 5.73 Å². The van der Waals surface area contributed by atoms with Crippen LogP contribution in [0.3, 0.4) is 0 Å². The van der Waals surface area contributed by atoms with Gasteiger partial charge in [0.2, 0.25) is 0 Å². The number of carbonyl (C=O) groups is 1. The molecule has 1 amide bonds. The van der Waals surface area contributed by atoms with Crippen molar-refractivity contribution in [2.45, 2.75) is 25.1 Å². The topological polar surface area (TPSA) is 46.3 Å². The molecular formula is C13H14F4N2O. The van der Waals surface area contributed by atoms with Gasteiger partial charge in [-0.1, -0.05) is 6.07 Å². The summed E-state index contributed by atoms with van der Waals surface area (Å²) in [5, 5.41) is 0. The zero-order valence-electron chi connectivity index (χ0n) is 10.6. The Morgan fingerprint density at radius 2 is 2.10 bits per heavy atom. The third-order valence-electron chi connectivity index (χ3n) is 3.44. The molecule has 0 unspecified atom stereocenters. The van der Waals surface area contributed by atoms with Crippen molar-refractivity contribution in [3.05, 3.63) is 35.1 Å². The fourth-order valence-corrected chi connectivity index (χ4v) is 2.42. The van der Waals surface area contributed by atoms with E-state index in [0.29, 0.717) is 25.5 Å². The molecule has 2 N–H and O–H groups in total. The van der Waals surface area contributed by atoms with Gasteiger partial charge in [0.25, 0.3) is 5.91 Å². The second kappa shape index (κ2) is 5.40. The largest absolute Gasteiger partial charge is 0.419 e. The van der Waals surface area contributed by atoms with Crippen LogP contribution in [0.4, 0.5) is 17.6 Å². The summed E-state index contributed by atoms with van der Waals surface area (Å²) in [6, 6.07) is 2.48. The molecule has 0 bridgehead atoms. The Labute approximate surface area is 113 Å². The molecule has 0 aromatic heterocycles. The Kier molecular flexibility index (Phi) is 3.99. The number of carbonyl (C=O) groups excluding carboxylic acids is 1. The van der Waals surface area contributed by atoms with Crippen LogP contribution in [0.15, 0.2) is 18.2 Å². The summed E-state index contributed by atoms with van der Waals surface area (Å²) in [6.07, 6.45) is -3.42. The maximum atomic E-state index is 13.9. The van der Waals surface area contributed by atoms with E-state index < -0.39 is 29.0 Å². The minimum atomic E-state index is -4.82. The molecule has 0 radical (unpaired) electrons. The lowest BCUT2D eigenvalue weighted by Gasteiger charge is -2.24. The number of nitrogens with two attached hydrogens (primary N) is 1. The Morgan fingerprint density at radius 3 is 2.70 bits per heavy atom. The first-order valence-electron chi connectivity index (χ1n) is 6.23. The fourth-order valence-electron chi connectivity index (χ4n) is 2.42. The lowest BCUT2D eigenvalue weighted by atomic mass is 10.1. The van der Waals surface area contributed by atoms with Crippen LogP contribution in [0.2, 0.25) is 0 Å². The van der Waals surface area contributed by atoms with Crippen LogP contribution in [-0.4, -0.2) is 29.9 Å². The normalized spacial score (nSPS) is 19.4. The average Bonchev–Trinajstić information content (AvgIpc) is 2.85. The van der Waals surface area contributed by atoms with Gasteiger partial charge in [0, 0.05) is 19.1 Å². The number of amides is 1. The summed E-state index contributed by atoms with van der Waals surface area (Å²) in [4.78, 5) is 13.5. The molecule has 20 heavy (non-hydrogen) atoms. The molecule has 0 spiro atoms. The predicted molar refractivity (Wildman–Crippen MR) is 64.5 cm³/mol. The standard InChI is InChI=1S/C13H14F4N2O/c14-11-9(4-1-5-10(11)13(15,16)17)12(20)19-6-2-3-8(19)7-18/h1,4-5,8H,2-3,6-7,18H2/t8-/m1/s1.